The van der Waals surface area contributed by atoms with E-state index in [1.807, 2.05) is 13.8 Å². The fourth-order valence-corrected chi connectivity index (χ4v) is 2.90. The first-order valence-electron chi connectivity index (χ1n) is 5.33. The minimum Gasteiger partial charge on any atom is -0.480 e. The van der Waals surface area contributed by atoms with Gasteiger partial charge in [-0.1, -0.05) is 13.8 Å². The lowest BCUT2D eigenvalue weighted by Gasteiger charge is -2.31. The highest BCUT2D eigenvalue weighted by atomic mass is 32.2. The Morgan fingerprint density at radius 1 is 1.44 bits per heavy atom. The Morgan fingerprint density at radius 3 is 2.31 bits per heavy atom. The molecule has 0 radical (unpaired) electrons. The molecule has 0 spiro atoms. The number of hydrogen-bond donors (Lipinski definition) is 2. The van der Waals surface area contributed by atoms with E-state index >= 15 is 0 Å². The van der Waals surface area contributed by atoms with Crippen LogP contribution in [0.2, 0.25) is 0 Å². The van der Waals surface area contributed by atoms with Crippen molar-refractivity contribution in [2.75, 3.05) is 13.1 Å². The van der Waals surface area contributed by atoms with Gasteiger partial charge in [0, 0.05) is 13.1 Å². The molecular formula is C9H18N2O4S. The van der Waals surface area contributed by atoms with E-state index in [9.17, 15) is 13.2 Å². The zero-order valence-electron chi connectivity index (χ0n) is 9.51. The molecular weight excluding hydrogens is 232 g/mol. The van der Waals surface area contributed by atoms with Crippen LogP contribution in [-0.2, 0) is 15.0 Å². The Kier molecular flexibility index (Phi) is 4.28. The van der Waals surface area contributed by atoms with Crippen molar-refractivity contribution in [3.8, 4) is 0 Å². The fraction of sp³-hybridized carbons (Fsp3) is 0.889. The van der Waals surface area contributed by atoms with Gasteiger partial charge in [-0.05, 0) is 18.8 Å². The van der Waals surface area contributed by atoms with Crippen molar-refractivity contribution in [3.63, 3.8) is 0 Å². The van der Waals surface area contributed by atoms with E-state index in [4.69, 9.17) is 5.11 Å². The van der Waals surface area contributed by atoms with Gasteiger partial charge in [-0.2, -0.15) is 17.4 Å². The predicted octanol–water partition coefficient (Wildman–Crippen LogP) is 0.0258. The molecule has 0 aromatic heterocycles. The molecule has 1 aliphatic rings. The Hall–Kier alpha value is -0.660. The number of carboxylic acids is 1. The van der Waals surface area contributed by atoms with Crippen LogP contribution in [0.25, 0.3) is 0 Å². The molecule has 2 N–H and O–H groups in total. The van der Waals surface area contributed by atoms with Crippen LogP contribution in [0.1, 0.15) is 26.7 Å². The van der Waals surface area contributed by atoms with Gasteiger partial charge in [0.15, 0.2) is 0 Å². The van der Waals surface area contributed by atoms with E-state index in [1.54, 1.807) is 0 Å². The molecule has 1 fully saturated rings. The molecule has 1 atom stereocenters. The molecule has 1 saturated heterocycles. The zero-order chi connectivity index (χ0) is 12.3. The summed E-state index contributed by atoms with van der Waals surface area (Å²) in [4.78, 5) is 10.9. The Morgan fingerprint density at radius 2 is 2.00 bits per heavy atom. The fourth-order valence-electron chi connectivity index (χ4n) is 1.45. The number of carboxylic acid groups (broad SMARTS) is 1. The molecule has 0 unspecified atom stereocenters. The molecule has 0 saturated carbocycles. The maximum Gasteiger partial charge on any atom is 0.321 e. The SMILES string of the molecule is CC(C)C[C@H](NS(=O)(=O)N1CCC1)C(=O)O. The summed E-state index contributed by atoms with van der Waals surface area (Å²) >= 11 is 0. The summed E-state index contributed by atoms with van der Waals surface area (Å²) in [6.45, 7) is 4.66. The zero-order valence-corrected chi connectivity index (χ0v) is 10.3. The molecule has 0 bridgehead atoms. The van der Waals surface area contributed by atoms with E-state index in [0.29, 0.717) is 19.5 Å². The van der Waals surface area contributed by atoms with E-state index in [2.05, 4.69) is 4.72 Å². The van der Waals surface area contributed by atoms with Crippen LogP contribution in [0.15, 0.2) is 0 Å². The standard InChI is InChI=1S/C9H18N2O4S/c1-7(2)6-8(9(12)13)10-16(14,15)11-4-3-5-11/h7-8,10H,3-6H2,1-2H3,(H,12,13)/t8-/m0/s1. The predicted molar refractivity (Wildman–Crippen MR) is 59.1 cm³/mol. The minimum atomic E-state index is -3.61. The van der Waals surface area contributed by atoms with Crippen molar-refractivity contribution in [2.45, 2.75) is 32.7 Å². The van der Waals surface area contributed by atoms with E-state index in [-0.39, 0.29) is 5.92 Å². The maximum atomic E-state index is 11.7. The first kappa shape index (κ1) is 13.4. The Balaban J connectivity index is 2.63. The molecule has 1 rings (SSSR count). The average Bonchev–Trinajstić information content (AvgIpc) is 1.96. The Labute approximate surface area is 95.8 Å². The van der Waals surface area contributed by atoms with Crippen molar-refractivity contribution in [1.82, 2.24) is 9.03 Å². The highest BCUT2D eigenvalue weighted by Gasteiger charge is 2.32. The van der Waals surface area contributed by atoms with Crippen LogP contribution in [0.5, 0.6) is 0 Å². The monoisotopic (exact) mass is 250 g/mol. The van der Waals surface area contributed by atoms with E-state index in [0.717, 1.165) is 6.42 Å². The number of nitrogens with one attached hydrogen (secondary N) is 1. The van der Waals surface area contributed by atoms with Crippen LogP contribution >= 0.6 is 0 Å². The van der Waals surface area contributed by atoms with Gasteiger partial charge >= 0.3 is 5.97 Å². The highest BCUT2D eigenvalue weighted by molar-refractivity contribution is 7.87. The molecule has 1 aliphatic heterocycles. The summed E-state index contributed by atoms with van der Waals surface area (Å²) < 4.78 is 26.8. The molecule has 0 amide bonds. The first-order valence-corrected chi connectivity index (χ1v) is 6.77. The third kappa shape index (κ3) is 3.43. The summed E-state index contributed by atoms with van der Waals surface area (Å²) in [6.07, 6.45) is 1.13. The van der Waals surface area contributed by atoms with Crippen molar-refractivity contribution in [2.24, 2.45) is 5.92 Å². The maximum absolute atomic E-state index is 11.7. The molecule has 16 heavy (non-hydrogen) atoms. The van der Waals surface area contributed by atoms with Gasteiger partial charge < -0.3 is 5.11 Å². The summed E-state index contributed by atoms with van der Waals surface area (Å²) in [5, 5.41) is 8.91. The molecule has 6 nitrogen and oxygen atoms in total. The number of nitrogens with zero attached hydrogens (tertiary/aromatic N) is 1. The van der Waals surface area contributed by atoms with Gasteiger partial charge in [-0.15, -0.1) is 0 Å². The molecule has 7 heteroatoms. The highest BCUT2D eigenvalue weighted by Crippen LogP contribution is 2.13. The van der Waals surface area contributed by atoms with Crippen LogP contribution < -0.4 is 4.72 Å². The van der Waals surface area contributed by atoms with Crippen LogP contribution in [0.3, 0.4) is 0 Å². The summed E-state index contributed by atoms with van der Waals surface area (Å²) in [7, 11) is -3.61. The van der Waals surface area contributed by atoms with E-state index < -0.39 is 22.2 Å². The quantitative estimate of drug-likeness (QED) is 0.696. The van der Waals surface area contributed by atoms with Crippen LogP contribution in [0, 0.1) is 5.92 Å². The summed E-state index contributed by atoms with van der Waals surface area (Å²) in [5.74, 6) is -1.00. The lowest BCUT2D eigenvalue weighted by atomic mass is 10.1. The smallest absolute Gasteiger partial charge is 0.321 e. The number of rotatable bonds is 6. The lowest BCUT2D eigenvalue weighted by molar-refractivity contribution is -0.139. The molecule has 0 aliphatic carbocycles. The van der Waals surface area contributed by atoms with Gasteiger partial charge in [0.25, 0.3) is 10.2 Å². The van der Waals surface area contributed by atoms with Crippen molar-refractivity contribution >= 4 is 16.2 Å². The number of carbonyl (C=O) groups is 1. The van der Waals surface area contributed by atoms with Gasteiger partial charge in [0.2, 0.25) is 0 Å². The number of hydrogen-bond acceptors (Lipinski definition) is 3. The summed E-state index contributed by atoms with van der Waals surface area (Å²) in [5.41, 5.74) is 0. The normalized spacial score (nSPS) is 19.4. The Bertz CT molecular complexity index is 349. The minimum absolute atomic E-state index is 0.125. The first-order chi connectivity index (χ1) is 7.33. The second-order valence-electron chi connectivity index (χ2n) is 4.40. The lowest BCUT2D eigenvalue weighted by Crippen LogP contribution is -2.53. The van der Waals surface area contributed by atoms with Crippen LogP contribution in [-0.4, -0.2) is 42.9 Å². The average molecular weight is 250 g/mol. The third-order valence-corrected chi connectivity index (χ3v) is 4.08. The van der Waals surface area contributed by atoms with Crippen molar-refractivity contribution in [3.05, 3.63) is 0 Å². The summed E-state index contributed by atoms with van der Waals surface area (Å²) in [6, 6.07) is -1.04. The van der Waals surface area contributed by atoms with Crippen molar-refractivity contribution in [1.29, 1.82) is 0 Å². The second-order valence-corrected chi connectivity index (χ2v) is 6.10. The van der Waals surface area contributed by atoms with Gasteiger partial charge in [-0.3, -0.25) is 4.79 Å². The van der Waals surface area contributed by atoms with Crippen LogP contribution in [0.4, 0.5) is 0 Å². The topological polar surface area (TPSA) is 86.7 Å². The van der Waals surface area contributed by atoms with Gasteiger partial charge in [0.1, 0.15) is 6.04 Å². The van der Waals surface area contributed by atoms with Crippen molar-refractivity contribution < 1.29 is 18.3 Å². The largest absolute Gasteiger partial charge is 0.480 e. The number of aliphatic carboxylic acids is 1. The van der Waals surface area contributed by atoms with Gasteiger partial charge in [0.05, 0.1) is 0 Å². The third-order valence-electron chi connectivity index (χ3n) is 2.45. The molecule has 94 valence electrons. The molecule has 0 aromatic carbocycles. The van der Waals surface area contributed by atoms with E-state index in [1.165, 1.54) is 4.31 Å². The van der Waals surface area contributed by atoms with Gasteiger partial charge in [-0.25, -0.2) is 0 Å². The second kappa shape index (κ2) is 5.11. The molecule has 1 heterocycles. The molecule has 0 aromatic rings.